The molecule has 0 aliphatic rings. The molecule has 0 aliphatic carbocycles. The minimum atomic E-state index is -4.57. The van der Waals surface area contributed by atoms with Crippen LogP contribution in [0.4, 0.5) is 23.7 Å². The number of benzene rings is 1. The molecule has 5 nitrogen and oxygen atoms in total. The summed E-state index contributed by atoms with van der Waals surface area (Å²) in [6.07, 6.45) is -5.77. The third-order valence-corrected chi connectivity index (χ3v) is 2.68. The number of anilines is 1. The van der Waals surface area contributed by atoms with Crippen molar-refractivity contribution in [1.29, 1.82) is 0 Å². The minimum absolute atomic E-state index is 0.0153. The first kappa shape index (κ1) is 18.8. The molecule has 0 saturated heterocycles. The second-order valence-corrected chi connectivity index (χ2v) is 5.89. The van der Waals surface area contributed by atoms with E-state index >= 15 is 0 Å². The van der Waals surface area contributed by atoms with Gasteiger partial charge in [0.15, 0.2) is 0 Å². The van der Waals surface area contributed by atoms with Crippen molar-refractivity contribution in [1.82, 2.24) is 0 Å². The van der Waals surface area contributed by atoms with Crippen LogP contribution in [-0.2, 0) is 22.1 Å². The van der Waals surface area contributed by atoms with E-state index in [0.717, 1.165) is 18.2 Å². The van der Waals surface area contributed by atoms with Gasteiger partial charge in [0.05, 0.1) is 5.56 Å². The average molecular weight is 333 g/mol. The predicted molar refractivity (Wildman–Crippen MR) is 77.3 cm³/mol. The van der Waals surface area contributed by atoms with Crippen LogP contribution in [0, 0.1) is 0 Å². The van der Waals surface area contributed by atoms with Gasteiger partial charge in [-0.1, -0.05) is 6.07 Å². The number of ether oxygens (including phenoxy) is 1. The zero-order valence-electron chi connectivity index (χ0n) is 13.0. The first-order chi connectivity index (χ1) is 10.4. The standard InChI is InChI=1S/C15H18F3NO4/c1-14(2,3)23-13(22)19-11-8-10(15(16,17)18)6-4-9(11)5-7-12(20)21/h4,6,8H,5,7H2,1-3H3,(H,19,22)(H,20,21). The molecule has 0 fully saturated rings. The Hall–Kier alpha value is -2.25. The van der Waals surface area contributed by atoms with E-state index in [1.807, 2.05) is 0 Å². The molecule has 8 heteroatoms. The van der Waals surface area contributed by atoms with Crippen molar-refractivity contribution in [3.63, 3.8) is 0 Å². The van der Waals surface area contributed by atoms with Crippen molar-refractivity contribution in [2.75, 3.05) is 5.32 Å². The Kier molecular flexibility index (Phi) is 5.63. The van der Waals surface area contributed by atoms with E-state index in [-0.39, 0.29) is 24.1 Å². The Morgan fingerprint density at radius 1 is 1.22 bits per heavy atom. The number of hydrogen-bond donors (Lipinski definition) is 2. The summed E-state index contributed by atoms with van der Waals surface area (Å²) < 4.78 is 43.4. The third kappa shape index (κ3) is 6.58. The largest absolute Gasteiger partial charge is 0.481 e. The summed E-state index contributed by atoms with van der Waals surface area (Å²) >= 11 is 0. The molecule has 23 heavy (non-hydrogen) atoms. The summed E-state index contributed by atoms with van der Waals surface area (Å²) in [6, 6.07) is 2.76. The topological polar surface area (TPSA) is 75.6 Å². The minimum Gasteiger partial charge on any atom is -0.481 e. The summed E-state index contributed by atoms with van der Waals surface area (Å²) in [5.41, 5.74) is -1.59. The van der Waals surface area contributed by atoms with Crippen LogP contribution in [0.5, 0.6) is 0 Å². The number of aryl methyl sites for hydroxylation is 1. The van der Waals surface area contributed by atoms with E-state index < -0.39 is 29.4 Å². The summed E-state index contributed by atoms with van der Waals surface area (Å²) in [4.78, 5) is 22.4. The quantitative estimate of drug-likeness (QED) is 0.871. The molecule has 0 aromatic heterocycles. The molecule has 0 atom stereocenters. The van der Waals surface area contributed by atoms with Crippen molar-refractivity contribution in [2.45, 2.75) is 45.4 Å². The number of hydrogen-bond acceptors (Lipinski definition) is 3. The van der Waals surface area contributed by atoms with Gasteiger partial charge in [-0.2, -0.15) is 13.2 Å². The Morgan fingerprint density at radius 3 is 2.30 bits per heavy atom. The summed E-state index contributed by atoms with van der Waals surface area (Å²) in [6.45, 7) is 4.85. The lowest BCUT2D eigenvalue weighted by Gasteiger charge is -2.21. The number of rotatable bonds is 4. The van der Waals surface area contributed by atoms with E-state index in [1.165, 1.54) is 0 Å². The number of halogens is 3. The molecule has 1 rings (SSSR count). The second-order valence-electron chi connectivity index (χ2n) is 5.89. The van der Waals surface area contributed by atoms with Gasteiger partial charge >= 0.3 is 18.2 Å². The van der Waals surface area contributed by atoms with Crippen LogP contribution in [0.25, 0.3) is 0 Å². The van der Waals surface area contributed by atoms with E-state index in [4.69, 9.17) is 9.84 Å². The average Bonchev–Trinajstić information content (AvgIpc) is 2.33. The molecule has 0 spiro atoms. The monoisotopic (exact) mass is 333 g/mol. The fraction of sp³-hybridized carbons (Fsp3) is 0.467. The summed E-state index contributed by atoms with van der Waals surface area (Å²) in [5.74, 6) is -1.09. The molecule has 128 valence electrons. The first-order valence-electron chi connectivity index (χ1n) is 6.80. The number of carbonyl (C=O) groups is 2. The number of aliphatic carboxylic acids is 1. The molecule has 1 amide bonds. The van der Waals surface area contributed by atoms with Crippen molar-refractivity contribution >= 4 is 17.7 Å². The molecule has 1 aromatic rings. The fourth-order valence-corrected chi connectivity index (χ4v) is 1.74. The van der Waals surface area contributed by atoms with E-state index in [1.54, 1.807) is 20.8 Å². The normalized spacial score (nSPS) is 11.9. The lowest BCUT2D eigenvalue weighted by atomic mass is 10.0. The van der Waals surface area contributed by atoms with Crippen molar-refractivity contribution in [3.05, 3.63) is 29.3 Å². The van der Waals surface area contributed by atoms with Gasteiger partial charge in [0.2, 0.25) is 0 Å². The molecule has 0 bridgehead atoms. The molecular weight excluding hydrogens is 315 g/mol. The van der Waals surface area contributed by atoms with E-state index in [9.17, 15) is 22.8 Å². The SMILES string of the molecule is CC(C)(C)OC(=O)Nc1cc(C(F)(F)F)ccc1CCC(=O)O. The van der Waals surface area contributed by atoms with Gasteiger partial charge in [-0.15, -0.1) is 0 Å². The lowest BCUT2D eigenvalue weighted by molar-refractivity contribution is -0.138. The molecular formula is C15H18F3NO4. The van der Waals surface area contributed by atoms with Crippen LogP contribution < -0.4 is 5.32 Å². The maximum Gasteiger partial charge on any atom is 0.416 e. The first-order valence-corrected chi connectivity index (χ1v) is 6.80. The summed E-state index contributed by atoms with van der Waals surface area (Å²) in [5, 5.41) is 10.9. The number of amides is 1. The van der Waals surface area contributed by atoms with Gasteiger partial charge in [0.1, 0.15) is 5.60 Å². The Labute approximate surface area is 131 Å². The predicted octanol–water partition coefficient (Wildman–Crippen LogP) is 4.07. The zero-order chi connectivity index (χ0) is 17.8. The molecule has 0 unspecified atom stereocenters. The van der Waals surface area contributed by atoms with Crippen LogP contribution >= 0.6 is 0 Å². The molecule has 1 aromatic carbocycles. The van der Waals surface area contributed by atoms with E-state index in [0.29, 0.717) is 0 Å². The number of alkyl halides is 3. The van der Waals surface area contributed by atoms with Crippen molar-refractivity contribution in [3.8, 4) is 0 Å². The Bertz CT molecular complexity index is 591. The third-order valence-electron chi connectivity index (χ3n) is 2.68. The molecule has 0 heterocycles. The lowest BCUT2D eigenvalue weighted by Crippen LogP contribution is -2.27. The van der Waals surface area contributed by atoms with Crippen LogP contribution in [0.15, 0.2) is 18.2 Å². The highest BCUT2D eigenvalue weighted by atomic mass is 19.4. The molecule has 0 radical (unpaired) electrons. The van der Waals surface area contributed by atoms with Gasteiger partial charge in [0.25, 0.3) is 0 Å². The second kappa shape index (κ2) is 6.89. The Balaban J connectivity index is 3.07. The highest BCUT2D eigenvalue weighted by molar-refractivity contribution is 5.86. The summed E-state index contributed by atoms with van der Waals surface area (Å²) in [7, 11) is 0. The number of nitrogens with one attached hydrogen (secondary N) is 1. The number of carboxylic acid groups (broad SMARTS) is 1. The molecule has 0 saturated carbocycles. The number of carbonyl (C=O) groups excluding carboxylic acids is 1. The van der Waals surface area contributed by atoms with Gasteiger partial charge in [0, 0.05) is 12.1 Å². The van der Waals surface area contributed by atoms with Gasteiger partial charge in [-0.05, 0) is 44.9 Å². The highest BCUT2D eigenvalue weighted by Gasteiger charge is 2.31. The van der Waals surface area contributed by atoms with Gasteiger partial charge in [-0.3, -0.25) is 10.1 Å². The van der Waals surface area contributed by atoms with Crippen LogP contribution in [0.1, 0.15) is 38.3 Å². The smallest absolute Gasteiger partial charge is 0.416 e. The Morgan fingerprint density at radius 2 is 1.83 bits per heavy atom. The molecule has 2 N–H and O–H groups in total. The van der Waals surface area contributed by atoms with Crippen LogP contribution in [0.3, 0.4) is 0 Å². The maximum atomic E-state index is 12.8. The van der Waals surface area contributed by atoms with Crippen LogP contribution in [0.2, 0.25) is 0 Å². The fourth-order valence-electron chi connectivity index (χ4n) is 1.74. The zero-order valence-corrected chi connectivity index (χ0v) is 13.0. The highest BCUT2D eigenvalue weighted by Crippen LogP contribution is 2.32. The van der Waals surface area contributed by atoms with Crippen molar-refractivity contribution in [2.24, 2.45) is 0 Å². The maximum absolute atomic E-state index is 12.8. The number of carboxylic acids is 1. The van der Waals surface area contributed by atoms with E-state index in [2.05, 4.69) is 5.32 Å². The van der Waals surface area contributed by atoms with Crippen LogP contribution in [-0.4, -0.2) is 22.8 Å². The van der Waals surface area contributed by atoms with Gasteiger partial charge in [-0.25, -0.2) is 4.79 Å². The molecule has 0 aliphatic heterocycles. The van der Waals surface area contributed by atoms with Gasteiger partial charge < -0.3 is 9.84 Å². The van der Waals surface area contributed by atoms with Crippen molar-refractivity contribution < 1.29 is 32.6 Å².